The van der Waals surface area contributed by atoms with Crippen LogP contribution in [0.5, 0.6) is 0 Å². The molecule has 3 rings (SSSR count). The van der Waals surface area contributed by atoms with Gasteiger partial charge in [-0.3, -0.25) is 14.2 Å². The summed E-state index contributed by atoms with van der Waals surface area (Å²) in [7, 11) is 0. The number of amides is 1. The first-order chi connectivity index (χ1) is 10.1. The van der Waals surface area contributed by atoms with E-state index in [1.165, 1.54) is 22.2 Å². The molecule has 0 saturated heterocycles. The Labute approximate surface area is 124 Å². The summed E-state index contributed by atoms with van der Waals surface area (Å²) in [5.41, 5.74) is 7.87. The molecule has 0 aliphatic heterocycles. The number of rotatable bonds is 3. The molecule has 6 heteroatoms. The monoisotopic (exact) mass is 299 g/mol. The van der Waals surface area contributed by atoms with Gasteiger partial charge in [-0.05, 0) is 12.5 Å². The summed E-state index contributed by atoms with van der Waals surface area (Å²) in [6, 6.07) is 7.94. The van der Waals surface area contributed by atoms with E-state index >= 15 is 0 Å². The highest BCUT2D eigenvalue weighted by atomic mass is 32.1. The zero-order valence-electron chi connectivity index (χ0n) is 11.4. The molecule has 0 unspecified atom stereocenters. The standard InChI is InChI=1S/C15H13N3O2S/c1-9-2-4-10(5-3-9)11-7-21-14-13(11)15(20)18(8-17-14)6-12(16)19/h2-5,7-8H,6H2,1H3,(H2,16,19). The highest BCUT2D eigenvalue weighted by Crippen LogP contribution is 2.30. The van der Waals surface area contributed by atoms with Crippen molar-refractivity contribution >= 4 is 27.5 Å². The molecule has 0 aliphatic carbocycles. The third kappa shape index (κ3) is 2.45. The van der Waals surface area contributed by atoms with Crippen molar-refractivity contribution in [3.63, 3.8) is 0 Å². The van der Waals surface area contributed by atoms with Crippen LogP contribution in [0.15, 0.2) is 40.8 Å². The van der Waals surface area contributed by atoms with Gasteiger partial charge in [0.15, 0.2) is 0 Å². The third-order valence-corrected chi connectivity index (χ3v) is 4.14. The van der Waals surface area contributed by atoms with Gasteiger partial charge in [0, 0.05) is 10.9 Å². The smallest absolute Gasteiger partial charge is 0.263 e. The number of carbonyl (C=O) groups excluding carboxylic acids is 1. The molecule has 0 fully saturated rings. The van der Waals surface area contributed by atoms with Gasteiger partial charge in [0.25, 0.3) is 5.56 Å². The summed E-state index contributed by atoms with van der Waals surface area (Å²) < 4.78 is 1.25. The Bertz CT molecular complexity index is 878. The van der Waals surface area contributed by atoms with Crippen LogP contribution in [-0.4, -0.2) is 15.5 Å². The molecule has 5 nitrogen and oxygen atoms in total. The van der Waals surface area contributed by atoms with Crippen molar-refractivity contribution in [3.05, 3.63) is 51.9 Å². The number of fused-ring (bicyclic) bond motifs is 1. The number of nitrogens with two attached hydrogens (primary N) is 1. The van der Waals surface area contributed by atoms with Gasteiger partial charge in [0.1, 0.15) is 11.4 Å². The maximum absolute atomic E-state index is 12.5. The molecular weight excluding hydrogens is 286 g/mol. The lowest BCUT2D eigenvalue weighted by molar-refractivity contribution is -0.118. The Hall–Kier alpha value is -2.47. The van der Waals surface area contributed by atoms with Gasteiger partial charge < -0.3 is 5.73 Å². The average Bonchev–Trinajstić information content (AvgIpc) is 2.87. The third-order valence-electron chi connectivity index (χ3n) is 3.25. The Morgan fingerprint density at radius 1 is 1.33 bits per heavy atom. The van der Waals surface area contributed by atoms with Gasteiger partial charge in [-0.2, -0.15) is 0 Å². The second-order valence-electron chi connectivity index (χ2n) is 4.84. The molecule has 2 N–H and O–H groups in total. The summed E-state index contributed by atoms with van der Waals surface area (Å²) in [4.78, 5) is 28.4. The van der Waals surface area contributed by atoms with Crippen LogP contribution in [0.3, 0.4) is 0 Å². The normalized spacial score (nSPS) is 10.9. The van der Waals surface area contributed by atoms with Crippen molar-refractivity contribution in [2.45, 2.75) is 13.5 Å². The molecule has 2 heterocycles. The first-order valence-corrected chi connectivity index (χ1v) is 7.26. The first-order valence-electron chi connectivity index (χ1n) is 6.38. The Morgan fingerprint density at radius 2 is 2.05 bits per heavy atom. The molecule has 0 aliphatic rings. The molecule has 2 aromatic heterocycles. The number of primary amides is 1. The second-order valence-corrected chi connectivity index (χ2v) is 5.70. The Balaban J connectivity index is 2.22. The highest BCUT2D eigenvalue weighted by molar-refractivity contribution is 7.17. The lowest BCUT2D eigenvalue weighted by Crippen LogP contribution is -2.28. The van der Waals surface area contributed by atoms with Crippen molar-refractivity contribution in [2.24, 2.45) is 5.73 Å². The summed E-state index contributed by atoms with van der Waals surface area (Å²) in [5, 5.41) is 2.45. The molecule has 21 heavy (non-hydrogen) atoms. The maximum atomic E-state index is 12.5. The summed E-state index contributed by atoms with van der Waals surface area (Å²) in [6.07, 6.45) is 1.37. The molecular formula is C15H13N3O2S. The molecule has 1 amide bonds. The molecule has 1 aromatic carbocycles. The number of hydrogen-bond donors (Lipinski definition) is 1. The summed E-state index contributed by atoms with van der Waals surface area (Å²) in [5.74, 6) is -0.564. The fraction of sp³-hybridized carbons (Fsp3) is 0.133. The van der Waals surface area contributed by atoms with E-state index in [-0.39, 0.29) is 12.1 Å². The lowest BCUT2D eigenvalue weighted by atomic mass is 10.1. The SMILES string of the molecule is Cc1ccc(-c2csc3ncn(CC(N)=O)c(=O)c23)cc1. The topological polar surface area (TPSA) is 78.0 Å². The minimum atomic E-state index is -0.564. The van der Waals surface area contributed by atoms with E-state index < -0.39 is 5.91 Å². The first kappa shape index (κ1) is 13.5. The van der Waals surface area contributed by atoms with Gasteiger partial charge in [-0.15, -0.1) is 11.3 Å². The number of carbonyl (C=O) groups is 1. The van der Waals surface area contributed by atoms with Crippen LogP contribution in [0.1, 0.15) is 5.56 Å². The molecule has 3 aromatic rings. The van der Waals surface area contributed by atoms with Crippen LogP contribution >= 0.6 is 11.3 Å². The molecule has 0 atom stereocenters. The van der Waals surface area contributed by atoms with E-state index in [0.717, 1.165) is 16.7 Å². The van der Waals surface area contributed by atoms with Crippen molar-refractivity contribution < 1.29 is 4.79 Å². The van der Waals surface area contributed by atoms with Crippen LogP contribution < -0.4 is 11.3 Å². The highest BCUT2D eigenvalue weighted by Gasteiger charge is 2.13. The number of nitrogens with zero attached hydrogens (tertiary/aromatic N) is 2. The zero-order valence-corrected chi connectivity index (χ0v) is 12.2. The van der Waals surface area contributed by atoms with E-state index in [9.17, 15) is 9.59 Å². The number of thiophene rings is 1. The van der Waals surface area contributed by atoms with E-state index in [1.54, 1.807) is 0 Å². The Morgan fingerprint density at radius 3 is 2.71 bits per heavy atom. The van der Waals surface area contributed by atoms with Crippen LogP contribution in [0.2, 0.25) is 0 Å². The summed E-state index contributed by atoms with van der Waals surface area (Å²) in [6.45, 7) is 1.85. The van der Waals surface area contributed by atoms with Gasteiger partial charge in [0.2, 0.25) is 5.91 Å². The van der Waals surface area contributed by atoms with Gasteiger partial charge in [-0.1, -0.05) is 29.8 Å². The maximum Gasteiger partial charge on any atom is 0.263 e. The molecule has 0 saturated carbocycles. The van der Waals surface area contributed by atoms with Crippen LogP contribution in [0.4, 0.5) is 0 Å². The predicted octanol–water partition coefficient (Wildman–Crippen LogP) is 1.92. The number of aryl methyl sites for hydroxylation is 1. The molecule has 0 bridgehead atoms. The molecule has 106 valence electrons. The average molecular weight is 299 g/mol. The van der Waals surface area contributed by atoms with Gasteiger partial charge in [-0.25, -0.2) is 4.98 Å². The van der Waals surface area contributed by atoms with Crippen LogP contribution in [0, 0.1) is 6.92 Å². The zero-order chi connectivity index (χ0) is 15.0. The van der Waals surface area contributed by atoms with E-state index in [0.29, 0.717) is 10.2 Å². The van der Waals surface area contributed by atoms with Gasteiger partial charge in [0.05, 0.1) is 11.7 Å². The number of aromatic nitrogens is 2. The van der Waals surface area contributed by atoms with Gasteiger partial charge >= 0.3 is 0 Å². The van der Waals surface area contributed by atoms with E-state index in [4.69, 9.17) is 5.73 Å². The minimum Gasteiger partial charge on any atom is -0.368 e. The second kappa shape index (κ2) is 5.14. The quantitative estimate of drug-likeness (QED) is 0.802. The van der Waals surface area contributed by atoms with E-state index in [1.807, 2.05) is 36.6 Å². The minimum absolute atomic E-state index is 0.162. The largest absolute Gasteiger partial charge is 0.368 e. The van der Waals surface area contributed by atoms with Crippen LogP contribution in [-0.2, 0) is 11.3 Å². The van der Waals surface area contributed by atoms with Crippen LogP contribution in [0.25, 0.3) is 21.3 Å². The van der Waals surface area contributed by atoms with E-state index in [2.05, 4.69) is 4.98 Å². The Kier molecular flexibility index (Phi) is 3.31. The van der Waals surface area contributed by atoms with Crippen molar-refractivity contribution in [3.8, 4) is 11.1 Å². The number of benzene rings is 1. The number of hydrogen-bond acceptors (Lipinski definition) is 4. The molecule has 0 radical (unpaired) electrons. The molecule has 0 spiro atoms. The van der Waals surface area contributed by atoms with Crippen molar-refractivity contribution in [1.82, 2.24) is 9.55 Å². The fourth-order valence-electron chi connectivity index (χ4n) is 2.19. The predicted molar refractivity (Wildman–Crippen MR) is 83.2 cm³/mol. The fourth-order valence-corrected chi connectivity index (χ4v) is 3.10. The lowest BCUT2D eigenvalue weighted by Gasteiger charge is -2.04. The van der Waals surface area contributed by atoms with Crippen molar-refractivity contribution in [1.29, 1.82) is 0 Å². The van der Waals surface area contributed by atoms with Crippen molar-refractivity contribution in [2.75, 3.05) is 0 Å². The summed E-state index contributed by atoms with van der Waals surface area (Å²) >= 11 is 1.41.